The van der Waals surface area contributed by atoms with Crippen LogP contribution in [0.25, 0.3) is 0 Å². The number of pyridine rings is 1. The van der Waals surface area contributed by atoms with Crippen LogP contribution >= 0.6 is 0 Å². The number of aliphatic hydroxyl groups is 1. The van der Waals surface area contributed by atoms with Gasteiger partial charge in [0.2, 0.25) is 0 Å². The first-order valence-electron chi connectivity index (χ1n) is 5.22. The van der Waals surface area contributed by atoms with Crippen LogP contribution in [-0.2, 0) is 19.6 Å². The molecule has 1 aromatic heterocycles. The molecule has 0 saturated heterocycles. The van der Waals surface area contributed by atoms with Crippen molar-refractivity contribution < 1.29 is 33.0 Å². The van der Waals surface area contributed by atoms with Gasteiger partial charge in [0.15, 0.2) is 5.03 Å². The molecule has 3 N–H and O–H groups in total. The number of rotatable bonds is 6. The smallest absolute Gasteiger partial charge is 0.337 e. The third-order valence-electron chi connectivity index (χ3n) is 2.22. The third kappa shape index (κ3) is 3.73. The molecule has 1 aromatic rings. The van der Waals surface area contributed by atoms with Gasteiger partial charge in [-0.2, -0.15) is 4.72 Å². The van der Waals surface area contributed by atoms with Gasteiger partial charge in [-0.1, -0.05) is 0 Å². The molecule has 1 rings (SSSR count). The van der Waals surface area contributed by atoms with Crippen LogP contribution in [0.1, 0.15) is 10.4 Å². The van der Waals surface area contributed by atoms with Crippen LogP contribution in [0, 0.1) is 0 Å². The van der Waals surface area contributed by atoms with Crippen molar-refractivity contribution in [2.75, 3.05) is 13.7 Å². The molecule has 1 unspecified atom stereocenters. The van der Waals surface area contributed by atoms with Gasteiger partial charge in [-0.3, -0.25) is 4.79 Å². The normalized spacial score (nSPS) is 12.7. The number of ether oxygens (including phenoxy) is 1. The van der Waals surface area contributed by atoms with Gasteiger partial charge < -0.3 is 14.9 Å². The average Bonchev–Trinajstić information content (AvgIpc) is 2.44. The molecule has 0 bridgehead atoms. The molecule has 20 heavy (non-hydrogen) atoms. The van der Waals surface area contributed by atoms with Gasteiger partial charge in [0.25, 0.3) is 10.0 Å². The van der Waals surface area contributed by atoms with Crippen LogP contribution in [0.4, 0.5) is 0 Å². The number of sulfonamides is 1. The lowest BCUT2D eigenvalue weighted by molar-refractivity contribution is -0.143. The third-order valence-corrected chi connectivity index (χ3v) is 3.61. The van der Waals surface area contributed by atoms with Crippen LogP contribution in [-0.4, -0.2) is 55.3 Å². The Kier molecular flexibility index (Phi) is 5.13. The Hall–Kier alpha value is -2.04. The molecule has 0 radical (unpaired) electrons. The van der Waals surface area contributed by atoms with E-state index in [2.05, 4.69) is 9.72 Å². The Morgan fingerprint density at radius 1 is 1.45 bits per heavy atom. The first-order chi connectivity index (χ1) is 9.31. The van der Waals surface area contributed by atoms with Gasteiger partial charge >= 0.3 is 11.9 Å². The number of hydrogen-bond acceptors (Lipinski definition) is 7. The first-order valence-corrected chi connectivity index (χ1v) is 6.70. The van der Waals surface area contributed by atoms with Crippen molar-refractivity contribution in [3.8, 4) is 0 Å². The molecule has 1 heterocycles. The highest BCUT2D eigenvalue weighted by molar-refractivity contribution is 7.89. The Bertz CT molecular complexity index is 597. The summed E-state index contributed by atoms with van der Waals surface area (Å²) in [4.78, 5) is 25.3. The summed E-state index contributed by atoms with van der Waals surface area (Å²) in [5, 5.41) is 17.1. The average molecular weight is 304 g/mol. The number of methoxy groups -OCH3 is 1. The molecule has 0 amide bonds. The summed E-state index contributed by atoms with van der Waals surface area (Å²) >= 11 is 0. The molecule has 0 aliphatic rings. The van der Waals surface area contributed by atoms with Crippen molar-refractivity contribution in [1.82, 2.24) is 9.71 Å². The van der Waals surface area contributed by atoms with Gasteiger partial charge in [0.1, 0.15) is 6.04 Å². The molecule has 0 saturated carbocycles. The number of hydrogen-bond donors (Lipinski definition) is 3. The number of carbonyl (C=O) groups is 2. The fourth-order valence-electron chi connectivity index (χ4n) is 1.22. The Morgan fingerprint density at radius 2 is 2.10 bits per heavy atom. The fourth-order valence-corrected chi connectivity index (χ4v) is 2.32. The largest absolute Gasteiger partial charge is 0.478 e. The molecule has 0 fully saturated rings. The van der Waals surface area contributed by atoms with Crippen molar-refractivity contribution in [3.05, 3.63) is 23.9 Å². The maximum Gasteiger partial charge on any atom is 0.337 e. The molecule has 0 aliphatic heterocycles. The van der Waals surface area contributed by atoms with Crippen molar-refractivity contribution in [2.45, 2.75) is 11.1 Å². The van der Waals surface area contributed by atoms with Crippen molar-refractivity contribution in [2.24, 2.45) is 0 Å². The second kappa shape index (κ2) is 6.41. The van der Waals surface area contributed by atoms with Gasteiger partial charge in [0, 0.05) is 6.20 Å². The highest BCUT2D eigenvalue weighted by Gasteiger charge is 2.26. The van der Waals surface area contributed by atoms with Crippen molar-refractivity contribution in [3.63, 3.8) is 0 Å². The molecule has 1 atom stereocenters. The number of carboxylic acids is 1. The monoisotopic (exact) mass is 304 g/mol. The van der Waals surface area contributed by atoms with Gasteiger partial charge in [-0.25, -0.2) is 18.2 Å². The van der Waals surface area contributed by atoms with Crippen LogP contribution in [0.5, 0.6) is 0 Å². The minimum absolute atomic E-state index is 0.185. The van der Waals surface area contributed by atoms with Gasteiger partial charge in [0.05, 0.1) is 19.3 Å². The zero-order chi connectivity index (χ0) is 15.3. The number of aliphatic hydroxyl groups excluding tert-OH is 1. The van der Waals surface area contributed by atoms with E-state index in [1.807, 2.05) is 4.72 Å². The van der Waals surface area contributed by atoms with E-state index in [1.165, 1.54) is 0 Å². The number of esters is 1. The fraction of sp³-hybridized carbons (Fsp3) is 0.300. The van der Waals surface area contributed by atoms with Gasteiger partial charge in [-0.05, 0) is 12.1 Å². The Labute approximate surface area is 114 Å². The molecule has 0 aromatic carbocycles. The maximum atomic E-state index is 11.9. The zero-order valence-electron chi connectivity index (χ0n) is 10.3. The molecule has 10 heteroatoms. The Balaban J connectivity index is 2.98. The van der Waals surface area contributed by atoms with Crippen LogP contribution in [0.3, 0.4) is 0 Å². The molecular weight excluding hydrogens is 292 g/mol. The summed E-state index contributed by atoms with van der Waals surface area (Å²) in [5.74, 6) is -2.21. The van der Waals surface area contributed by atoms with E-state index in [1.54, 1.807) is 0 Å². The highest BCUT2D eigenvalue weighted by Crippen LogP contribution is 2.07. The summed E-state index contributed by atoms with van der Waals surface area (Å²) in [6, 6.07) is 0.555. The number of carbonyl (C=O) groups excluding carboxylic acids is 1. The van der Waals surface area contributed by atoms with Crippen LogP contribution < -0.4 is 4.72 Å². The zero-order valence-corrected chi connectivity index (χ0v) is 11.1. The van der Waals surface area contributed by atoms with Gasteiger partial charge in [-0.15, -0.1) is 0 Å². The molecule has 9 nitrogen and oxygen atoms in total. The molecule has 0 spiro atoms. The number of nitrogens with one attached hydrogen (secondary N) is 1. The molecule has 0 aliphatic carbocycles. The summed E-state index contributed by atoms with van der Waals surface area (Å²) in [6.07, 6.45) is 0.864. The van der Waals surface area contributed by atoms with E-state index in [-0.39, 0.29) is 5.56 Å². The summed E-state index contributed by atoms with van der Waals surface area (Å²) in [5.41, 5.74) is -0.185. The minimum Gasteiger partial charge on any atom is -0.478 e. The lowest BCUT2D eigenvalue weighted by atomic mass is 10.3. The highest BCUT2D eigenvalue weighted by atomic mass is 32.2. The SMILES string of the molecule is COC(=O)C(CO)NS(=O)(=O)c1ccc(C(=O)O)cn1. The van der Waals surface area contributed by atoms with Crippen molar-refractivity contribution in [1.29, 1.82) is 0 Å². The van der Waals surface area contributed by atoms with Crippen molar-refractivity contribution >= 4 is 22.0 Å². The standard InChI is InChI=1S/C10H12N2O7S/c1-19-10(16)7(5-13)12-20(17,18)8-3-2-6(4-11-8)9(14)15/h2-4,7,12-13H,5H2,1H3,(H,14,15). The van der Waals surface area contributed by atoms with E-state index >= 15 is 0 Å². The van der Waals surface area contributed by atoms with Crippen LogP contribution in [0.15, 0.2) is 23.4 Å². The second-order valence-electron chi connectivity index (χ2n) is 3.57. The second-order valence-corrected chi connectivity index (χ2v) is 5.23. The molecular formula is C10H12N2O7S. The lowest BCUT2D eigenvalue weighted by Crippen LogP contribution is -2.44. The number of aromatic carboxylic acids is 1. The summed E-state index contributed by atoms with van der Waals surface area (Å²) in [7, 11) is -3.14. The van der Waals surface area contributed by atoms with E-state index in [9.17, 15) is 18.0 Å². The topological polar surface area (TPSA) is 143 Å². The van der Waals surface area contributed by atoms with E-state index in [0.717, 1.165) is 25.4 Å². The van der Waals surface area contributed by atoms with E-state index in [4.69, 9.17) is 10.2 Å². The first kappa shape index (κ1) is 16.0. The molecule has 110 valence electrons. The predicted molar refractivity (Wildman–Crippen MR) is 64.4 cm³/mol. The van der Waals surface area contributed by atoms with E-state index in [0.29, 0.717) is 0 Å². The Morgan fingerprint density at radius 3 is 2.50 bits per heavy atom. The minimum atomic E-state index is -4.18. The number of nitrogens with zero attached hydrogens (tertiary/aromatic N) is 1. The van der Waals surface area contributed by atoms with E-state index < -0.39 is 39.6 Å². The predicted octanol–water partition coefficient (Wildman–Crippen LogP) is -1.41. The maximum absolute atomic E-state index is 11.9. The quantitative estimate of drug-likeness (QED) is 0.544. The summed E-state index contributed by atoms with van der Waals surface area (Å²) in [6.45, 7) is -0.793. The van der Waals surface area contributed by atoms with Crippen LogP contribution in [0.2, 0.25) is 0 Å². The lowest BCUT2D eigenvalue weighted by Gasteiger charge is -2.13. The summed E-state index contributed by atoms with van der Waals surface area (Å²) < 4.78 is 29.9. The number of aromatic nitrogens is 1. The number of carboxylic acid groups (broad SMARTS) is 1.